The van der Waals surface area contributed by atoms with Gasteiger partial charge >= 0.3 is 0 Å². The van der Waals surface area contributed by atoms with E-state index < -0.39 is 23.4 Å². The molecule has 3 aromatic rings. The molecule has 0 bridgehead atoms. The highest BCUT2D eigenvalue weighted by Crippen LogP contribution is 2.33. The van der Waals surface area contributed by atoms with E-state index in [9.17, 15) is 18.4 Å². The molecule has 0 aliphatic rings. The average molecular weight is 419 g/mol. The SMILES string of the molecule is NC(=O)c1cc(NC(=O)c2c(F)cccc2Sc2ccc(Cl)cc2)ccc1F. The van der Waals surface area contributed by atoms with Crippen LogP contribution in [0.2, 0.25) is 5.02 Å². The predicted molar refractivity (Wildman–Crippen MR) is 105 cm³/mol. The van der Waals surface area contributed by atoms with Gasteiger partial charge in [-0.2, -0.15) is 0 Å². The Morgan fingerprint density at radius 1 is 0.964 bits per heavy atom. The van der Waals surface area contributed by atoms with E-state index in [-0.39, 0.29) is 16.8 Å². The summed E-state index contributed by atoms with van der Waals surface area (Å²) in [6.07, 6.45) is 0. The van der Waals surface area contributed by atoms with Crippen LogP contribution < -0.4 is 11.1 Å². The van der Waals surface area contributed by atoms with E-state index in [1.807, 2.05) is 0 Å². The molecule has 0 saturated carbocycles. The molecule has 8 heteroatoms. The van der Waals surface area contributed by atoms with Gasteiger partial charge in [-0.15, -0.1) is 0 Å². The van der Waals surface area contributed by atoms with Gasteiger partial charge in [0.2, 0.25) is 0 Å². The maximum atomic E-state index is 14.4. The molecule has 0 saturated heterocycles. The van der Waals surface area contributed by atoms with Crippen molar-refractivity contribution < 1.29 is 18.4 Å². The van der Waals surface area contributed by atoms with Gasteiger partial charge < -0.3 is 11.1 Å². The Morgan fingerprint density at radius 2 is 1.68 bits per heavy atom. The zero-order valence-electron chi connectivity index (χ0n) is 14.2. The smallest absolute Gasteiger partial charge is 0.259 e. The number of benzene rings is 3. The Balaban J connectivity index is 1.90. The van der Waals surface area contributed by atoms with Crippen LogP contribution in [-0.2, 0) is 0 Å². The maximum absolute atomic E-state index is 14.4. The molecular weight excluding hydrogens is 406 g/mol. The Morgan fingerprint density at radius 3 is 2.36 bits per heavy atom. The molecule has 0 atom stereocenters. The van der Waals surface area contributed by atoms with Gasteiger partial charge in [-0.05, 0) is 54.6 Å². The van der Waals surface area contributed by atoms with Crippen molar-refractivity contribution in [1.29, 1.82) is 0 Å². The molecule has 3 rings (SSSR count). The largest absolute Gasteiger partial charge is 0.366 e. The molecule has 0 heterocycles. The van der Waals surface area contributed by atoms with Crippen LogP contribution >= 0.6 is 23.4 Å². The van der Waals surface area contributed by atoms with Crippen LogP contribution in [0.25, 0.3) is 0 Å². The predicted octanol–water partition coefficient (Wildman–Crippen LogP) is 5.12. The topological polar surface area (TPSA) is 72.2 Å². The molecule has 0 aliphatic carbocycles. The summed E-state index contributed by atoms with van der Waals surface area (Å²) < 4.78 is 28.0. The van der Waals surface area contributed by atoms with Crippen LogP contribution in [0.1, 0.15) is 20.7 Å². The van der Waals surface area contributed by atoms with Gasteiger partial charge in [0.05, 0.1) is 11.1 Å². The summed E-state index contributed by atoms with van der Waals surface area (Å²) in [5, 5.41) is 3.03. The van der Waals surface area contributed by atoms with Gasteiger partial charge in [0.15, 0.2) is 0 Å². The number of hydrogen-bond donors (Lipinski definition) is 2. The lowest BCUT2D eigenvalue weighted by atomic mass is 10.1. The molecule has 0 radical (unpaired) electrons. The summed E-state index contributed by atoms with van der Waals surface area (Å²) in [5.74, 6) is -3.24. The lowest BCUT2D eigenvalue weighted by Gasteiger charge is -2.12. The fraction of sp³-hybridized carbons (Fsp3) is 0. The van der Waals surface area contributed by atoms with E-state index in [1.165, 1.54) is 30.0 Å². The highest BCUT2D eigenvalue weighted by molar-refractivity contribution is 7.99. The highest BCUT2D eigenvalue weighted by Gasteiger charge is 2.19. The number of hydrogen-bond acceptors (Lipinski definition) is 3. The van der Waals surface area contributed by atoms with Crippen LogP contribution in [0.4, 0.5) is 14.5 Å². The van der Waals surface area contributed by atoms with Gasteiger partial charge in [0, 0.05) is 20.5 Å². The van der Waals surface area contributed by atoms with E-state index in [4.69, 9.17) is 17.3 Å². The Labute approximate surface area is 168 Å². The second-order valence-corrected chi connectivity index (χ2v) is 7.23. The first-order valence-electron chi connectivity index (χ1n) is 7.98. The number of primary amides is 1. The van der Waals surface area contributed by atoms with Crippen LogP contribution in [0.15, 0.2) is 70.5 Å². The van der Waals surface area contributed by atoms with Crippen LogP contribution in [-0.4, -0.2) is 11.8 Å². The highest BCUT2D eigenvalue weighted by atomic mass is 35.5. The van der Waals surface area contributed by atoms with Crippen molar-refractivity contribution >= 4 is 40.9 Å². The second-order valence-electron chi connectivity index (χ2n) is 5.68. The van der Waals surface area contributed by atoms with Crippen LogP contribution in [0.3, 0.4) is 0 Å². The minimum atomic E-state index is -0.974. The Kier molecular flexibility index (Phi) is 5.96. The number of rotatable bonds is 5. The molecule has 0 aliphatic heterocycles. The number of anilines is 1. The van der Waals surface area contributed by atoms with E-state index >= 15 is 0 Å². The minimum Gasteiger partial charge on any atom is -0.366 e. The fourth-order valence-electron chi connectivity index (χ4n) is 2.42. The van der Waals surface area contributed by atoms with Gasteiger partial charge in [-0.1, -0.05) is 29.4 Å². The Bertz CT molecular complexity index is 1060. The molecule has 0 spiro atoms. The molecule has 3 aromatic carbocycles. The first kappa shape index (κ1) is 19.9. The van der Waals surface area contributed by atoms with Crippen molar-refractivity contribution in [2.24, 2.45) is 5.73 Å². The summed E-state index contributed by atoms with van der Waals surface area (Å²) in [6.45, 7) is 0. The zero-order chi connectivity index (χ0) is 20.3. The molecule has 3 N–H and O–H groups in total. The maximum Gasteiger partial charge on any atom is 0.259 e. The first-order chi connectivity index (χ1) is 13.3. The average Bonchev–Trinajstić information content (AvgIpc) is 2.65. The van der Waals surface area contributed by atoms with E-state index in [0.29, 0.717) is 9.92 Å². The Hall–Kier alpha value is -2.90. The third-order valence-electron chi connectivity index (χ3n) is 3.73. The summed E-state index contributed by atoms with van der Waals surface area (Å²) in [6, 6.07) is 14.5. The zero-order valence-corrected chi connectivity index (χ0v) is 15.8. The quantitative estimate of drug-likeness (QED) is 0.604. The van der Waals surface area contributed by atoms with Gasteiger partial charge in [-0.3, -0.25) is 9.59 Å². The normalized spacial score (nSPS) is 10.5. The number of nitrogens with two attached hydrogens (primary N) is 1. The number of halogens is 3. The van der Waals surface area contributed by atoms with E-state index in [1.54, 1.807) is 30.3 Å². The summed E-state index contributed by atoms with van der Waals surface area (Å²) >= 11 is 7.06. The molecule has 2 amide bonds. The fourth-order valence-corrected chi connectivity index (χ4v) is 3.52. The number of carbonyl (C=O) groups is 2. The van der Waals surface area contributed by atoms with Crippen molar-refractivity contribution in [1.82, 2.24) is 0 Å². The first-order valence-corrected chi connectivity index (χ1v) is 9.17. The molecule has 142 valence electrons. The van der Waals surface area contributed by atoms with Gasteiger partial charge in [0.1, 0.15) is 11.6 Å². The van der Waals surface area contributed by atoms with Crippen molar-refractivity contribution in [2.45, 2.75) is 9.79 Å². The minimum absolute atomic E-state index is 0.117. The lowest BCUT2D eigenvalue weighted by Crippen LogP contribution is -2.17. The van der Waals surface area contributed by atoms with Crippen LogP contribution in [0, 0.1) is 11.6 Å². The molecule has 28 heavy (non-hydrogen) atoms. The van der Waals surface area contributed by atoms with Gasteiger partial charge in [-0.25, -0.2) is 8.78 Å². The molecule has 4 nitrogen and oxygen atoms in total. The summed E-state index contributed by atoms with van der Waals surface area (Å²) in [7, 11) is 0. The van der Waals surface area contributed by atoms with Crippen molar-refractivity contribution in [3.05, 3.63) is 88.4 Å². The van der Waals surface area contributed by atoms with E-state index in [2.05, 4.69) is 5.32 Å². The van der Waals surface area contributed by atoms with Crippen molar-refractivity contribution in [3.8, 4) is 0 Å². The van der Waals surface area contributed by atoms with Crippen molar-refractivity contribution in [3.63, 3.8) is 0 Å². The monoisotopic (exact) mass is 418 g/mol. The molecular formula is C20H13ClF2N2O2S. The molecule has 0 unspecified atom stereocenters. The van der Waals surface area contributed by atoms with Gasteiger partial charge in [0.25, 0.3) is 11.8 Å². The third kappa shape index (κ3) is 4.49. The van der Waals surface area contributed by atoms with Crippen LogP contribution in [0.5, 0.6) is 0 Å². The number of amides is 2. The molecule has 0 aromatic heterocycles. The summed E-state index contributed by atoms with van der Waals surface area (Å²) in [4.78, 5) is 25.1. The van der Waals surface area contributed by atoms with E-state index in [0.717, 1.165) is 17.0 Å². The number of nitrogens with one attached hydrogen (secondary N) is 1. The second kappa shape index (κ2) is 8.41. The summed E-state index contributed by atoms with van der Waals surface area (Å²) in [5.41, 5.74) is 4.68. The number of carbonyl (C=O) groups excluding carboxylic acids is 2. The standard InChI is InChI=1S/C20H13ClF2N2O2S/c21-11-4-7-13(8-5-11)28-17-3-1-2-16(23)18(17)20(27)25-12-6-9-15(22)14(10-12)19(24)26/h1-10H,(H2,24,26)(H,25,27). The lowest BCUT2D eigenvalue weighted by molar-refractivity contribution is 0.0991. The molecule has 0 fully saturated rings. The third-order valence-corrected chi connectivity index (χ3v) is 5.05. The van der Waals surface area contributed by atoms with Crippen molar-refractivity contribution in [2.75, 3.05) is 5.32 Å².